The summed E-state index contributed by atoms with van der Waals surface area (Å²) in [7, 11) is 0. The van der Waals surface area contributed by atoms with E-state index in [1.807, 2.05) is 18.4 Å². The third-order valence-electron chi connectivity index (χ3n) is 4.25. The van der Waals surface area contributed by atoms with Gasteiger partial charge in [0, 0.05) is 19.0 Å². The fourth-order valence-electron chi connectivity index (χ4n) is 3.19. The topological polar surface area (TPSA) is 84.7 Å². The summed E-state index contributed by atoms with van der Waals surface area (Å²) < 4.78 is 3.50. The van der Waals surface area contributed by atoms with Crippen molar-refractivity contribution in [3.05, 3.63) is 26.7 Å². The molecule has 2 aromatic heterocycles. The molecule has 0 saturated carbocycles. The number of H-pyrrole nitrogens is 1. The molecule has 7 nitrogen and oxygen atoms in total. The second-order valence-electron chi connectivity index (χ2n) is 5.41. The van der Waals surface area contributed by atoms with E-state index in [0.29, 0.717) is 30.2 Å². The van der Waals surface area contributed by atoms with E-state index in [4.69, 9.17) is 0 Å². The van der Waals surface area contributed by atoms with E-state index in [-0.39, 0.29) is 11.2 Å². The minimum Gasteiger partial charge on any atom is -0.322 e. The first-order valence-corrected chi connectivity index (χ1v) is 7.61. The highest BCUT2D eigenvalue weighted by atomic mass is 16.2. The molecule has 0 spiro atoms. The van der Waals surface area contributed by atoms with Crippen molar-refractivity contribution in [1.82, 2.24) is 24.4 Å². The predicted molar refractivity (Wildman–Crippen MR) is 80.8 cm³/mol. The van der Waals surface area contributed by atoms with Crippen LogP contribution in [0.5, 0.6) is 0 Å². The number of aromatic nitrogens is 4. The molecule has 3 rings (SSSR count). The first-order chi connectivity index (χ1) is 10.2. The quantitative estimate of drug-likeness (QED) is 0.857. The van der Waals surface area contributed by atoms with Crippen molar-refractivity contribution in [3.63, 3.8) is 0 Å². The van der Waals surface area contributed by atoms with E-state index in [0.717, 1.165) is 31.8 Å². The Hall–Kier alpha value is -1.89. The molecule has 0 atom stereocenters. The van der Waals surface area contributed by atoms with Crippen LogP contribution in [0.25, 0.3) is 11.2 Å². The van der Waals surface area contributed by atoms with Crippen molar-refractivity contribution in [3.8, 4) is 0 Å². The smallest absolute Gasteiger partial charge is 0.322 e. The van der Waals surface area contributed by atoms with Crippen LogP contribution in [0.15, 0.2) is 9.59 Å². The van der Waals surface area contributed by atoms with Gasteiger partial charge in [-0.25, -0.2) is 9.78 Å². The van der Waals surface area contributed by atoms with Crippen LogP contribution >= 0.6 is 0 Å². The van der Waals surface area contributed by atoms with E-state index in [1.54, 1.807) is 0 Å². The molecular formula is C14H21N5O2. The Morgan fingerprint density at radius 3 is 2.43 bits per heavy atom. The number of aryl methyl sites for hydroxylation is 2. The lowest BCUT2D eigenvalue weighted by molar-refractivity contribution is 0.434. The van der Waals surface area contributed by atoms with Crippen LogP contribution in [0.4, 0.5) is 0 Å². The van der Waals surface area contributed by atoms with Crippen LogP contribution < -0.4 is 16.6 Å². The molecule has 2 N–H and O–H groups in total. The fraction of sp³-hybridized carbons (Fsp3) is 0.643. The minimum atomic E-state index is -0.382. The molecule has 0 amide bonds. The lowest BCUT2D eigenvalue weighted by atomic mass is 9.97. The summed E-state index contributed by atoms with van der Waals surface area (Å²) in [5.41, 5.74) is 0.316. The zero-order chi connectivity index (χ0) is 15.0. The SMILES string of the molecule is CCn1c(C2CCNCC2)nc2c1c(=O)[nH]c(=O)n2CC. The monoisotopic (exact) mass is 291 g/mol. The molecule has 1 fully saturated rings. The Morgan fingerprint density at radius 1 is 1.14 bits per heavy atom. The molecule has 2 aromatic rings. The standard InChI is InChI=1S/C14H21N5O2/c1-3-18-10-12(19(4-2)14(21)17-13(10)20)16-11(18)9-5-7-15-8-6-9/h9,15H,3-8H2,1-2H3,(H,17,20,21). The zero-order valence-corrected chi connectivity index (χ0v) is 12.5. The molecule has 1 aliphatic rings. The van der Waals surface area contributed by atoms with Crippen LogP contribution in [0.1, 0.15) is 38.4 Å². The van der Waals surface area contributed by atoms with Crippen molar-refractivity contribution < 1.29 is 0 Å². The zero-order valence-electron chi connectivity index (χ0n) is 12.5. The lowest BCUT2D eigenvalue weighted by Crippen LogP contribution is -2.30. The Balaban J connectivity index is 2.28. The Bertz CT molecular complexity index is 764. The molecule has 1 aliphatic heterocycles. The Labute approximate surface area is 122 Å². The first-order valence-electron chi connectivity index (χ1n) is 7.61. The molecular weight excluding hydrogens is 270 g/mol. The molecule has 7 heteroatoms. The molecule has 1 saturated heterocycles. The molecule has 21 heavy (non-hydrogen) atoms. The number of nitrogens with one attached hydrogen (secondary N) is 2. The second-order valence-corrected chi connectivity index (χ2v) is 5.41. The average molecular weight is 291 g/mol. The third kappa shape index (κ3) is 2.21. The van der Waals surface area contributed by atoms with E-state index in [1.165, 1.54) is 4.57 Å². The summed E-state index contributed by atoms with van der Waals surface area (Å²) in [4.78, 5) is 31.2. The maximum atomic E-state index is 12.2. The van der Waals surface area contributed by atoms with Gasteiger partial charge in [0.25, 0.3) is 5.56 Å². The Morgan fingerprint density at radius 2 is 1.81 bits per heavy atom. The highest BCUT2D eigenvalue weighted by Gasteiger charge is 2.24. The number of fused-ring (bicyclic) bond motifs is 1. The van der Waals surface area contributed by atoms with Crippen molar-refractivity contribution in [2.24, 2.45) is 0 Å². The van der Waals surface area contributed by atoms with Gasteiger partial charge in [0.1, 0.15) is 5.82 Å². The molecule has 0 aliphatic carbocycles. The van der Waals surface area contributed by atoms with Gasteiger partial charge in [-0.05, 0) is 39.8 Å². The van der Waals surface area contributed by atoms with Gasteiger partial charge in [0.2, 0.25) is 0 Å². The van der Waals surface area contributed by atoms with Gasteiger partial charge < -0.3 is 9.88 Å². The number of nitrogens with zero attached hydrogens (tertiary/aromatic N) is 3. The Kier molecular flexibility index (Phi) is 3.67. The number of hydrogen-bond acceptors (Lipinski definition) is 4. The maximum Gasteiger partial charge on any atom is 0.330 e. The number of rotatable bonds is 3. The number of imidazole rings is 1. The molecule has 3 heterocycles. The molecule has 0 radical (unpaired) electrons. The van der Waals surface area contributed by atoms with E-state index in [9.17, 15) is 9.59 Å². The van der Waals surface area contributed by atoms with E-state index >= 15 is 0 Å². The lowest BCUT2D eigenvalue weighted by Gasteiger charge is -2.22. The van der Waals surface area contributed by atoms with Crippen molar-refractivity contribution in [1.29, 1.82) is 0 Å². The number of hydrogen-bond donors (Lipinski definition) is 2. The fourth-order valence-corrected chi connectivity index (χ4v) is 3.19. The summed E-state index contributed by atoms with van der Waals surface area (Å²) in [5.74, 6) is 1.28. The van der Waals surface area contributed by atoms with Crippen molar-refractivity contribution >= 4 is 11.2 Å². The van der Waals surface area contributed by atoms with Gasteiger partial charge in [-0.3, -0.25) is 14.3 Å². The van der Waals surface area contributed by atoms with Crippen molar-refractivity contribution in [2.45, 2.75) is 45.7 Å². The average Bonchev–Trinajstić information content (AvgIpc) is 2.88. The summed E-state index contributed by atoms with van der Waals surface area (Å²) >= 11 is 0. The van der Waals surface area contributed by atoms with Crippen LogP contribution in [0.2, 0.25) is 0 Å². The molecule has 0 unspecified atom stereocenters. The summed E-state index contributed by atoms with van der Waals surface area (Å²) in [6, 6.07) is 0. The first kappa shape index (κ1) is 14.1. The summed E-state index contributed by atoms with van der Waals surface area (Å²) in [6.07, 6.45) is 2.02. The summed E-state index contributed by atoms with van der Waals surface area (Å²) in [6.45, 7) is 7.00. The van der Waals surface area contributed by atoms with Crippen LogP contribution in [0.3, 0.4) is 0 Å². The predicted octanol–water partition coefficient (Wildman–Crippen LogP) is 0.393. The van der Waals surface area contributed by atoms with Gasteiger partial charge in [0.15, 0.2) is 11.2 Å². The van der Waals surface area contributed by atoms with Gasteiger partial charge in [-0.15, -0.1) is 0 Å². The van der Waals surface area contributed by atoms with Gasteiger partial charge in [-0.2, -0.15) is 0 Å². The minimum absolute atomic E-state index is 0.339. The van der Waals surface area contributed by atoms with Gasteiger partial charge in [-0.1, -0.05) is 0 Å². The highest BCUT2D eigenvalue weighted by Crippen LogP contribution is 2.26. The maximum absolute atomic E-state index is 12.2. The number of aromatic amines is 1. The summed E-state index contributed by atoms with van der Waals surface area (Å²) in [5, 5.41) is 3.34. The molecule has 0 bridgehead atoms. The van der Waals surface area contributed by atoms with Crippen LogP contribution in [-0.4, -0.2) is 32.2 Å². The number of piperidine rings is 1. The van der Waals surface area contributed by atoms with Gasteiger partial charge >= 0.3 is 5.69 Å². The molecule has 114 valence electrons. The second kappa shape index (κ2) is 5.48. The molecule has 0 aromatic carbocycles. The van der Waals surface area contributed by atoms with Crippen molar-refractivity contribution in [2.75, 3.05) is 13.1 Å². The van der Waals surface area contributed by atoms with Crippen LogP contribution in [0, 0.1) is 0 Å². The van der Waals surface area contributed by atoms with E-state index < -0.39 is 0 Å². The normalized spacial score (nSPS) is 16.7. The van der Waals surface area contributed by atoms with Crippen LogP contribution in [-0.2, 0) is 13.1 Å². The highest BCUT2D eigenvalue weighted by molar-refractivity contribution is 5.71. The largest absolute Gasteiger partial charge is 0.330 e. The van der Waals surface area contributed by atoms with E-state index in [2.05, 4.69) is 15.3 Å². The van der Waals surface area contributed by atoms with Gasteiger partial charge in [0.05, 0.1) is 0 Å². The third-order valence-corrected chi connectivity index (χ3v) is 4.25.